The Morgan fingerprint density at radius 3 is 2.17 bits per heavy atom. The minimum absolute atomic E-state index is 0.692. The fraction of sp³-hybridized carbons (Fsp3) is 0.150. The van der Waals surface area contributed by atoms with E-state index in [1.54, 1.807) is 27.5 Å². The summed E-state index contributed by atoms with van der Waals surface area (Å²) < 4.78 is 15.9. The van der Waals surface area contributed by atoms with Crippen LogP contribution in [0.1, 0.15) is 11.3 Å². The average Bonchev–Trinajstić information content (AvgIpc) is 2.65. The van der Waals surface area contributed by atoms with Crippen LogP contribution in [0.2, 0.25) is 0 Å². The first kappa shape index (κ1) is 15.9. The van der Waals surface area contributed by atoms with Gasteiger partial charge in [-0.2, -0.15) is 0 Å². The molecular weight excluding hydrogens is 302 g/mol. The number of rotatable bonds is 5. The van der Waals surface area contributed by atoms with Crippen LogP contribution in [0.5, 0.6) is 17.2 Å². The predicted octanol–water partition coefficient (Wildman–Crippen LogP) is 4.43. The summed E-state index contributed by atoms with van der Waals surface area (Å²) >= 11 is 0. The Morgan fingerprint density at radius 2 is 1.50 bits per heavy atom. The Bertz CT molecular complexity index is 870. The lowest BCUT2D eigenvalue weighted by Gasteiger charge is -2.10. The maximum atomic E-state index is 5.40. The molecule has 0 saturated carbocycles. The molecule has 0 fully saturated rings. The van der Waals surface area contributed by atoms with Gasteiger partial charge >= 0.3 is 0 Å². The van der Waals surface area contributed by atoms with Gasteiger partial charge in [0.15, 0.2) is 11.5 Å². The van der Waals surface area contributed by atoms with Gasteiger partial charge in [0.1, 0.15) is 5.75 Å². The molecule has 0 aliphatic heterocycles. The summed E-state index contributed by atoms with van der Waals surface area (Å²) in [7, 11) is 4.93. The van der Waals surface area contributed by atoms with Gasteiger partial charge in [0.2, 0.25) is 0 Å². The first-order valence-corrected chi connectivity index (χ1v) is 7.58. The molecular formula is C20H19NO3. The molecule has 0 atom stereocenters. The van der Waals surface area contributed by atoms with Gasteiger partial charge in [-0.3, -0.25) is 4.98 Å². The summed E-state index contributed by atoms with van der Waals surface area (Å²) in [6.45, 7) is 0. The monoisotopic (exact) mass is 321 g/mol. The van der Waals surface area contributed by atoms with Gasteiger partial charge in [-0.1, -0.05) is 18.2 Å². The Morgan fingerprint density at radius 1 is 0.792 bits per heavy atom. The zero-order valence-electron chi connectivity index (χ0n) is 13.9. The van der Waals surface area contributed by atoms with Gasteiger partial charge in [-0.25, -0.2) is 0 Å². The van der Waals surface area contributed by atoms with Crippen LogP contribution in [0, 0.1) is 0 Å². The Balaban J connectivity index is 2.00. The van der Waals surface area contributed by atoms with Gasteiger partial charge in [0, 0.05) is 11.6 Å². The van der Waals surface area contributed by atoms with Crippen molar-refractivity contribution in [2.75, 3.05) is 21.3 Å². The van der Waals surface area contributed by atoms with Gasteiger partial charge in [0.05, 0.1) is 27.0 Å². The van der Waals surface area contributed by atoms with E-state index in [-0.39, 0.29) is 0 Å². The summed E-state index contributed by atoms with van der Waals surface area (Å²) in [6.07, 6.45) is 5.82. The minimum atomic E-state index is 0.692. The predicted molar refractivity (Wildman–Crippen MR) is 96.8 cm³/mol. The maximum absolute atomic E-state index is 5.40. The van der Waals surface area contributed by atoms with Gasteiger partial charge in [-0.05, 0) is 47.4 Å². The normalized spacial score (nSPS) is 11.0. The van der Waals surface area contributed by atoms with E-state index >= 15 is 0 Å². The van der Waals surface area contributed by atoms with E-state index < -0.39 is 0 Å². The van der Waals surface area contributed by atoms with Crippen LogP contribution >= 0.6 is 0 Å². The third kappa shape index (κ3) is 3.18. The van der Waals surface area contributed by atoms with Gasteiger partial charge < -0.3 is 14.2 Å². The smallest absolute Gasteiger partial charge is 0.161 e. The Labute approximate surface area is 141 Å². The van der Waals surface area contributed by atoms with Crippen molar-refractivity contribution >= 4 is 22.9 Å². The van der Waals surface area contributed by atoms with E-state index in [9.17, 15) is 0 Å². The van der Waals surface area contributed by atoms with Crippen molar-refractivity contribution < 1.29 is 14.2 Å². The molecule has 0 unspecified atom stereocenters. The molecule has 24 heavy (non-hydrogen) atoms. The summed E-state index contributed by atoms with van der Waals surface area (Å²) in [5, 5.41) is 2.07. The number of hydrogen-bond acceptors (Lipinski definition) is 4. The largest absolute Gasteiger partial charge is 0.497 e. The number of benzene rings is 2. The molecule has 122 valence electrons. The standard InChI is InChI=1S/C20H19NO3/c1-22-16-7-4-14(5-8-16)6-9-18-17-13-20(24-3)19(23-2)12-15(17)10-11-21-18/h4-13H,1-3H3. The molecule has 4 heteroatoms. The first-order chi connectivity index (χ1) is 11.7. The molecule has 2 aromatic carbocycles. The zero-order valence-corrected chi connectivity index (χ0v) is 13.9. The third-order valence-electron chi connectivity index (χ3n) is 3.85. The molecule has 3 rings (SSSR count). The van der Waals surface area contributed by atoms with E-state index in [1.165, 1.54) is 0 Å². The first-order valence-electron chi connectivity index (χ1n) is 7.58. The van der Waals surface area contributed by atoms with Crippen molar-refractivity contribution in [1.82, 2.24) is 4.98 Å². The highest BCUT2D eigenvalue weighted by atomic mass is 16.5. The van der Waals surface area contributed by atoms with Crippen LogP contribution in [0.25, 0.3) is 22.9 Å². The number of methoxy groups -OCH3 is 3. The summed E-state index contributed by atoms with van der Waals surface area (Å²) in [5.74, 6) is 2.24. The molecule has 0 N–H and O–H groups in total. The number of nitrogens with zero attached hydrogens (tertiary/aromatic N) is 1. The van der Waals surface area contributed by atoms with E-state index in [1.807, 2.05) is 54.6 Å². The van der Waals surface area contributed by atoms with Crippen molar-refractivity contribution in [2.24, 2.45) is 0 Å². The van der Waals surface area contributed by atoms with Crippen LogP contribution in [0.3, 0.4) is 0 Å². The number of ether oxygens (including phenoxy) is 3. The third-order valence-corrected chi connectivity index (χ3v) is 3.85. The zero-order chi connectivity index (χ0) is 16.9. The van der Waals surface area contributed by atoms with Crippen LogP contribution < -0.4 is 14.2 Å². The molecule has 0 aliphatic rings. The molecule has 0 radical (unpaired) electrons. The molecule has 1 heterocycles. The van der Waals surface area contributed by atoms with Crippen LogP contribution in [-0.2, 0) is 0 Å². The van der Waals surface area contributed by atoms with E-state index in [2.05, 4.69) is 4.98 Å². The number of hydrogen-bond donors (Lipinski definition) is 0. The highest BCUT2D eigenvalue weighted by Gasteiger charge is 2.08. The fourth-order valence-corrected chi connectivity index (χ4v) is 2.54. The van der Waals surface area contributed by atoms with E-state index in [0.29, 0.717) is 11.5 Å². The van der Waals surface area contributed by atoms with Gasteiger partial charge in [-0.15, -0.1) is 0 Å². The highest BCUT2D eigenvalue weighted by molar-refractivity contribution is 5.93. The molecule has 3 aromatic rings. The molecule has 0 saturated heterocycles. The topological polar surface area (TPSA) is 40.6 Å². The van der Waals surface area contributed by atoms with E-state index in [4.69, 9.17) is 14.2 Å². The van der Waals surface area contributed by atoms with Crippen molar-refractivity contribution in [1.29, 1.82) is 0 Å². The molecule has 4 nitrogen and oxygen atoms in total. The van der Waals surface area contributed by atoms with Crippen molar-refractivity contribution in [3.63, 3.8) is 0 Å². The van der Waals surface area contributed by atoms with Crippen LogP contribution in [0.4, 0.5) is 0 Å². The maximum Gasteiger partial charge on any atom is 0.161 e. The summed E-state index contributed by atoms with van der Waals surface area (Å²) in [4.78, 5) is 4.48. The number of fused-ring (bicyclic) bond motifs is 1. The van der Waals surface area contributed by atoms with E-state index in [0.717, 1.165) is 27.8 Å². The second kappa shape index (κ2) is 7.04. The van der Waals surface area contributed by atoms with Gasteiger partial charge in [0.25, 0.3) is 0 Å². The van der Waals surface area contributed by atoms with Crippen LogP contribution in [0.15, 0.2) is 48.7 Å². The van der Waals surface area contributed by atoms with Crippen LogP contribution in [-0.4, -0.2) is 26.3 Å². The average molecular weight is 321 g/mol. The molecule has 1 aromatic heterocycles. The lowest BCUT2D eigenvalue weighted by Crippen LogP contribution is -1.92. The summed E-state index contributed by atoms with van der Waals surface area (Å²) in [5.41, 5.74) is 1.96. The summed E-state index contributed by atoms with van der Waals surface area (Å²) in [6, 6.07) is 13.7. The van der Waals surface area contributed by atoms with Crippen molar-refractivity contribution in [3.05, 3.63) is 59.9 Å². The lowest BCUT2D eigenvalue weighted by molar-refractivity contribution is 0.356. The SMILES string of the molecule is COc1ccc(C=Cc2nccc3cc(OC)c(OC)cc23)cc1. The molecule has 0 amide bonds. The second-order valence-corrected chi connectivity index (χ2v) is 5.23. The molecule has 0 aliphatic carbocycles. The van der Waals surface area contributed by atoms with Crippen molar-refractivity contribution in [3.8, 4) is 17.2 Å². The minimum Gasteiger partial charge on any atom is -0.497 e. The lowest BCUT2D eigenvalue weighted by atomic mass is 10.1. The quantitative estimate of drug-likeness (QED) is 0.697. The molecule has 0 spiro atoms. The van der Waals surface area contributed by atoms with Crippen molar-refractivity contribution in [2.45, 2.75) is 0 Å². The highest BCUT2D eigenvalue weighted by Crippen LogP contribution is 2.33. The fourth-order valence-electron chi connectivity index (χ4n) is 2.54. The number of pyridine rings is 1. The Hall–Kier alpha value is -3.01. The Kier molecular flexibility index (Phi) is 4.66. The second-order valence-electron chi connectivity index (χ2n) is 5.23. The molecule has 0 bridgehead atoms. The number of aromatic nitrogens is 1.